The highest BCUT2D eigenvalue weighted by atomic mass is 32.1. The first kappa shape index (κ1) is 11.3. The van der Waals surface area contributed by atoms with Gasteiger partial charge in [-0.05, 0) is 30.2 Å². The van der Waals surface area contributed by atoms with Crippen molar-refractivity contribution >= 4 is 29.9 Å². The van der Waals surface area contributed by atoms with E-state index in [4.69, 9.17) is 5.73 Å². The number of carbonyl (C=O) groups is 1. The molecule has 1 aromatic rings. The number of nitrogens with two attached hydrogens (primary N) is 1. The molecule has 16 heavy (non-hydrogen) atoms. The van der Waals surface area contributed by atoms with Gasteiger partial charge in [0.25, 0.3) is 0 Å². The van der Waals surface area contributed by atoms with Crippen molar-refractivity contribution in [1.82, 2.24) is 0 Å². The van der Waals surface area contributed by atoms with Crippen molar-refractivity contribution in [3.8, 4) is 0 Å². The SMILES string of the molecule is Cc1cccc(N)c1N1CC(CS)CC1=O. The van der Waals surface area contributed by atoms with Crippen LogP contribution in [0.4, 0.5) is 11.4 Å². The van der Waals surface area contributed by atoms with Crippen molar-refractivity contribution in [3.05, 3.63) is 23.8 Å². The lowest BCUT2D eigenvalue weighted by Crippen LogP contribution is -2.26. The van der Waals surface area contributed by atoms with E-state index >= 15 is 0 Å². The van der Waals surface area contributed by atoms with Crippen molar-refractivity contribution in [2.75, 3.05) is 22.9 Å². The molecule has 4 heteroatoms. The molecule has 1 unspecified atom stereocenters. The summed E-state index contributed by atoms with van der Waals surface area (Å²) >= 11 is 4.25. The molecule has 1 amide bonds. The van der Waals surface area contributed by atoms with Gasteiger partial charge in [-0.3, -0.25) is 4.79 Å². The number of carbonyl (C=O) groups excluding carboxylic acids is 1. The van der Waals surface area contributed by atoms with E-state index in [1.807, 2.05) is 25.1 Å². The molecule has 1 saturated heterocycles. The zero-order valence-electron chi connectivity index (χ0n) is 9.31. The lowest BCUT2D eigenvalue weighted by Gasteiger charge is -2.20. The van der Waals surface area contributed by atoms with Crippen molar-refractivity contribution in [3.63, 3.8) is 0 Å². The van der Waals surface area contributed by atoms with Crippen LogP contribution in [0.5, 0.6) is 0 Å². The average Bonchev–Trinajstić information content (AvgIpc) is 2.60. The summed E-state index contributed by atoms with van der Waals surface area (Å²) in [6.07, 6.45) is 0.581. The van der Waals surface area contributed by atoms with Crippen LogP contribution in [0.3, 0.4) is 0 Å². The van der Waals surface area contributed by atoms with Crippen molar-refractivity contribution in [2.24, 2.45) is 5.92 Å². The number of amides is 1. The first-order valence-corrected chi connectivity index (χ1v) is 6.03. The van der Waals surface area contributed by atoms with Gasteiger partial charge in [0, 0.05) is 13.0 Å². The number of hydrogen-bond acceptors (Lipinski definition) is 3. The summed E-state index contributed by atoms with van der Waals surface area (Å²) < 4.78 is 0. The third kappa shape index (κ3) is 1.89. The van der Waals surface area contributed by atoms with Gasteiger partial charge in [-0.1, -0.05) is 12.1 Å². The van der Waals surface area contributed by atoms with Gasteiger partial charge >= 0.3 is 0 Å². The van der Waals surface area contributed by atoms with Gasteiger partial charge in [0.15, 0.2) is 0 Å². The van der Waals surface area contributed by atoms with Crippen LogP contribution in [0.2, 0.25) is 0 Å². The fourth-order valence-corrected chi connectivity index (χ4v) is 2.41. The Hall–Kier alpha value is -1.16. The van der Waals surface area contributed by atoms with Gasteiger partial charge in [0.2, 0.25) is 5.91 Å². The minimum atomic E-state index is 0.153. The number of para-hydroxylation sites is 1. The summed E-state index contributed by atoms with van der Waals surface area (Å²) in [6.45, 7) is 2.71. The number of hydrogen-bond donors (Lipinski definition) is 2. The first-order chi connectivity index (χ1) is 7.63. The maximum Gasteiger partial charge on any atom is 0.227 e. The second kappa shape index (κ2) is 4.37. The third-order valence-electron chi connectivity index (χ3n) is 3.00. The Morgan fingerprint density at radius 1 is 1.56 bits per heavy atom. The smallest absolute Gasteiger partial charge is 0.227 e. The Morgan fingerprint density at radius 3 is 2.88 bits per heavy atom. The van der Waals surface area contributed by atoms with E-state index in [0.29, 0.717) is 18.0 Å². The molecule has 0 radical (unpaired) electrons. The predicted octanol–water partition coefficient (Wildman–Crippen LogP) is 1.86. The Kier molecular flexibility index (Phi) is 3.10. The highest BCUT2D eigenvalue weighted by Crippen LogP contribution is 2.32. The lowest BCUT2D eigenvalue weighted by molar-refractivity contribution is -0.117. The number of nitrogens with zero attached hydrogens (tertiary/aromatic N) is 1. The number of benzene rings is 1. The molecule has 0 aromatic heterocycles. The molecule has 2 rings (SSSR count). The van der Waals surface area contributed by atoms with E-state index in [9.17, 15) is 4.79 Å². The van der Waals surface area contributed by atoms with Gasteiger partial charge < -0.3 is 10.6 Å². The van der Waals surface area contributed by atoms with Crippen LogP contribution >= 0.6 is 12.6 Å². The van der Waals surface area contributed by atoms with Crippen LogP contribution in [0.25, 0.3) is 0 Å². The normalized spacial score (nSPS) is 20.5. The molecule has 1 heterocycles. The van der Waals surface area contributed by atoms with E-state index in [-0.39, 0.29) is 5.91 Å². The summed E-state index contributed by atoms with van der Waals surface area (Å²) in [7, 11) is 0. The molecule has 1 aromatic carbocycles. The van der Waals surface area contributed by atoms with E-state index in [0.717, 1.165) is 23.5 Å². The van der Waals surface area contributed by atoms with Crippen LogP contribution in [0, 0.1) is 12.8 Å². The van der Waals surface area contributed by atoms with Crippen molar-refractivity contribution in [1.29, 1.82) is 0 Å². The summed E-state index contributed by atoms with van der Waals surface area (Å²) in [5, 5.41) is 0. The van der Waals surface area contributed by atoms with Crippen LogP contribution < -0.4 is 10.6 Å². The number of aryl methyl sites for hydroxylation is 1. The number of rotatable bonds is 2. The van der Waals surface area contributed by atoms with Gasteiger partial charge in [0.1, 0.15) is 0 Å². The maximum atomic E-state index is 11.9. The zero-order valence-corrected chi connectivity index (χ0v) is 10.2. The van der Waals surface area contributed by atoms with Gasteiger partial charge in [-0.25, -0.2) is 0 Å². The van der Waals surface area contributed by atoms with Gasteiger partial charge in [-0.2, -0.15) is 12.6 Å². The van der Waals surface area contributed by atoms with Gasteiger partial charge in [-0.15, -0.1) is 0 Å². The number of thiol groups is 1. The highest BCUT2D eigenvalue weighted by Gasteiger charge is 2.31. The molecule has 2 N–H and O–H groups in total. The second-order valence-corrected chi connectivity index (χ2v) is 4.63. The highest BCUT2D eigenvalue weighted by molar-refractivity contribution is 7.80. The Labute approximate surface area is 101 Å². The summed E-state index contributed by atoms with van der Waals surface area (Å²) in [5.74, 6) is 1.24. The summed E-state index contributed by atoms with van der Waals surface area (Å²) in [4.78, 5) is 13.7. The van der Waals surface area contributed by atoms with Crippen LogP contribution in [-0.2, 0) is 4.79 Å². The van der Waals surface area contributed by atoms with Crippen molar-refractivity contribution in [2.45, 2.75) is 13.3 Å². The molecule has 0 bridgehead atoms. The molecule has 1 fully saturated rings. The predicted molar refractivity (Wildman–Crippen MR) is 69.9 cm³/mol. The van der Waals surface area contributed by atoms with Crippen molar-refractivity contribution < 1.29 is 4.79 Å². The summed E-state index contributed by atoms with van der Waals surface area (Å²) in [5.41, 5.74) is 8.53. The number of anilines is 2. The molecule has 86 valence electrons. The molecule has 1 aliphatic heterocycles. The molecule has 1 aliphatic rings. The first-order valence-electron chi connectivity index (χ1n) is 5.39. The van der Waals surface area contributed by atoms with Crippen LogP contribution in [-0.4, -0.2) is 18.2 Å². The van der Waals surface area contributed by atoms with Gasteiger partial charge in [0.05, 0.1) is 11.4 Å². The monoisotopic (exact) mass is 236 g/mol. The fraction of sp³-hybridized carbons (Fsp3) is 0.417. The molecule has 3 nitrogen and oxygen atoms in total. The molecule has 0 saturated carbocycles. The topological polar surface area (TPSA) is 46.3 Å². The largest absolute Gasteiger partial charge is 0.397 e. The molecule has 1 atom stereocenters. The molecule has 0 aliphatic carbocycles. The lowest BCUT2D eigenvalue weighted by atomic mass is 10.1. The van der Waals surface area contributed by atoms with Crippen LogP contribution in [0.15, 0.2) is 18.2 Å². The van der Waals surface area contributed by atoms with E-state index in [1.165, 1.54) is 0 Å². The summed E-state index contributed by atoms with van der Waals surface area (Å²) in [6, 6.07) is 5.72. The molecular weight excluding hydrogens is 220 g/mol. The Balaban J connectivity index is 2.35. The van der Waals surface area contributed by atoms with E-state index in [2.05, 4.69) is 12.6 Å². The van der Waals surface area contributed by atoms with E-state index < -0.39 is 0 Å². The van der Waals surface area contributed by atoms with Crippen LogP contribution in [0.1, 0.15) is 12.0 Å². The standard InChI is InChI=1S/C12H16N2OS/c1-8-3-2-4-10(13)12(8)14-6-9(7-16)5-11(14)15/h2-4,9,16H,5-7,13H2,1H3. The quantitative estimate of drug-likeness (QED) is 0.608. The maximum absolute atomic E-state index is 11.9. The minimum Gasteiger partial charge on any atom is -0.397 e. The third-order valence-corrected chi connectivity index (χ3v) is 3.52. The average molecular weight is 236 g/mol. The molecule has 0 spiro atoms. The Bertz CT molecular complexity index is 399. The fourth-order valence-electron chi connectivity index (χ4n) is 2.17. The minimum absolute atomic E-state index is 0.153. The number of nitrogen functional groups attached to an aromatic ring is 1. The Morgan fingerprint density at radius 2 is 2.31 bits per heavy atom. The molecular formula is C12H16N2OS. The second-order valence-electron chi connectivity index (χ2n) is 4.27. The van der Waals surface area contributed by atoms with E-state index in [1.54, 1.807) is 4.90 Å². The zero-order chi connectivity index (χ0) is 11.7.